The van der Waals surface area contributed by atoms with Gasteiger partial charge in [0.15, 0.2) is 0 Å². The lowest BCUT2D eigenvalue weighted by atomic mass is 10.0. The van der Waals surface area contributed by atoms with E-state index in [-0.39, 0.29) is 5.91 Å². The summed E-state index contributed by atoms with van der Waals surface area (Å²) in [6.07, 6.45) is 0. The van der Waals surface area contributed by atoms with Crippen LogP contribution in [0.5, 0.6) is 23.0 Å². The van der Waals surface area contributed by atoms with Gasteiger partial charge in [-0.3, -0.25) is 4.79 Å². The van der Waals surface area contributed by atoms with Crippen LogP contribution in [0.1, 0.15) is 48.2 Å². The summed E-state index contributed by atoms with van der Waals surface area (Å²) in [6, 6.07) is 30.3. The van der Waals surface area contributed by atoms with Crippen LogP contribution < -0.4 is 19.5 Å². The summed E-state index contributed by atoms with van der Waals surface area (Å²) in [5.41, 5.74) is 3.16. The van der Waals surface area contributed by atoms with Gasteiger partial charge in [-0.2, -0.15) is 0 Å². The fraction of sp³-hybridized carbons (Fsp3) is 0.194. The molecule has 36 heavy (non-hydrogen) atoms. The van der Waals surface area contributed by atoms with Crippen LogP contribution >= 0.6 is 0 Å². The number of hydrogen-bond acceptors (Lipinski definition) is 4. The van der Waals surface area contributed by atoms with Crippen molar-refractivity contribution < 1.29 is 19.0 Å². The van der Waals surface area contributed by atoms with Crippen molar-refractivity contribution in [2.75, 3.05) is 11.9 Å². The third-order valence-corrected chi connectivity index (χ3v) is 5.64. The monoisotopic (exact) mass is 481 g/mol. The lowest BCUT2D eigenvalue weighted by Gasteiger charge is -2.16. The van der Waals surface area contributed by atoms with Gasteiger partial charge < -0.3 is 19.5 Å². The van der Waals surface area contributed by atoms with Crippen LogP contribution in [0.4, 0.5) is 5.69 Å². The second kappa shape index (κ2) is 11.9. The van der Waals surface area contributed by atoms with Crippen molar-refractivity contribution in [3.8, 4) is 23.0 Å². The predicted octanol–water partition coefficient (Wildman–Crippen LogP) is 7.83. The smallest absolute Gasteiger partial charge is 0.255 e. The molecule has 0 bridgehead atoms. The molecule has 4 aromatic carbocycles. The highest BCUT2D eigenvalue weighted by molar-refractivity contribution is 6.04. The normalized spacial score (nSPS) is 10.7. The Morgan fingerprint density at radius 3 is 2.19 bits per heavy atom. The Bertz CT molecular complexity index is 1280. The van der Waals surface area contributed by atoms with Crippen LogP contribution in [0.25, 0.3) is 0 Å². The van der Waals surface area contributed by atoms with Crippen molar-refractivity contribution in [3.05, 3.63) is 114 Å². The predicted molar refractivity (Wildman–Crippen MR) is 143 cm³/mol. The maximum atomic E-state index is 13.0. The summed E-state index contributed by atoms with van der Waals surface area (Å²) in [6.45, 7) is 7.03. The molecule has 0 saturated carbocycles. The zero-order chi connectivity index (χ0) is 25.3. The van der Waals surface area contributed by atoms with Gasteiger partial charge in [-0.15, -0.1) is 0 Å². The van der Waals surface area contributed by atoms with Gasteiger partial charge >= 0.3 is 0 Å². The minimum Gasteiger partial charge on any atom is -0.493 e. The highest BCUT2D eigenvalue weighted by Crippen LogP contribution is 2.29. The number of rotatable bonds is 10. The van der Waals surface area contributed by atoms with Crippen LogP contribution in [0.2, 0.25) is 0 Å². The van der Waals surface area contributed by atoms with Gasteiger partial charge in [-0.1, -0.05) is 50.2 Å². The molecule has 5 heteroatoms. The topological polar surface area (TPSA) is 56.8 Å². The van der Waals surface area contributed by atoms with E-state index >= 15 is 0 Å². The fourth-order valence-corrected chi connectivity index (χ4v) is 3.81. The zero-order valence-electron chi connectivity index (χ0n) is 20.9. The first-order valence-corrected chi connectivity index (χ1v) is 12.1. The molecule has 5 nitrogen and oxygen atoms in total. The van der Waals surface area contributed by atoms with Crippen molar-refractivity contribution in [1.82, 2.24) is 0 Å². The number of hydrogen-bond donors (Lipinski definition) is 1. The molecule has 0 saturated heterocycles. The van der Waals surface area contributed by atoms with E-state index in [1.54, 1.807) is 6.07 Å². The second-order valence-electron chi connectivity index (χ2n) is 8.63. The van der Waals surface area contributed by atoms with Gasteiger partial charge in [-0.05, 0) is 79.1 Å². The summed E-state index contributed by atoms with van der Waals surface area (Å²) < 4.78 is 17.8. The maximum Gasteiger partial charge on any atom is 0.255 e. The number of ether oxygens (including phenoxy) is 3. The summed E-state index contributed by atoms with van der Waals surface area (Å²) in [4.78, 5) is 13.0. The fourth-order valence-electron chi connectivity index (χ4n) is 3.81. The molecule has 0 atom stereocenters. The molecular weight excluding hydrogens is 450 g/mol. The van der Waals surface area contributed by atoms with Crippen molar-refractivity contribution in [1.29, 1.82) is 0 Å². The van der Waals surface area contributed by atoms with Gasteiger partial charge in [0.25, 0.3) is 5.91 Å². The molecule has 0 fully saturated rings. The highest BCUT2D eigenvalue weighted by atomic mass is 16.5. The lowest BCUT2D eigenvalue weighted by Crippen LogP contribution is -2.13. The Hall–Kier alpha value is -4.25. The molecule has 0 aliphatic heterocycles. The summed E-state index contributed by atoms with van der Waals surface area (Å²) in [5.74, 6) is 3.13. The first-order valence-electron chi connectivity index (χ1n) is 12.1. The molecule has 1 amide bonds. The number of anilines is 1. The second-order valence-corrected chi connectivity index (χ2v) is 8.63. The molecule has 4 aromatic rings. The number of benzene rings is 4. The number of carbonyl (C=O) groups excluding carboxylic acids is 1. The van der Waals surface area contributed by atoms with Crippen LogP contribution in [0.3, 0.4) is 0 Å². The Balaban J connectivity index is 1.46. The van der Waals surface area contributed by atoms with Gasteiger partial charge in [-0.25, -0.2) is 0 Å². The standard InChI is InChI=1S/C31H31NO4/c1-4-34-29-19-14-23(20-24(29)21-35-30-13-9-8-12-28(30)22(2)3)31(33)32-25-15-17-27(18-16-25)36-26-10-6-5-7-11-26/h5-20,22H,4,21H2,1-3H3,(H,32,33). The Morgan fingerprint density at radius 1 is 0.778 bits per heavy atom. The molecule has 0 spiro atoms. The molecule has 0 aliphatic carbocycles. The van der Waals surface area contributed by atoms with E-state index in [0.717, 1.165) is 22.6 Å². The van der Waals surface area contributed by atoms with Crippen LogP contribution in [0.15, 0.2) is 97.1 Å². The van der Waals surface area contributed by atoms with Gasteiger partial charge in [0.05, 0.1) is 6.61 Å². The quantitative estimate of drug-likeness (QED) is 0.251. The Morgan fingerprint density at radius 2 is 1.47 bits per heavy atom. The highest BCUT2D eigenvalue weighted by Gasteiger charge is 2.14. The van der Waals surface area contributed by atoms with Gasteiger partial charge in [0.1, 0.15) is 29.6 Å². The van der Waals surface area contributed by atoms with E-state index in [0.29, 0.717) is 41.9 Å². The summed E-state index contributed by atoms with van der Waals surface area (Å²) in [5, 5.41) is 2.95. The van der Waals surface area contributed by atoms with E-state index in [9.17, 15) is 4.79 Å². The molecule has 0 aliphatic rings. The first kappa shape index (κ1) is 24.9. The third kappa shape index (κ3) is 6.45. The molecular formula is C31H31NO4. The van der Waals surface area contributed by atoms with Gasteiger partial charge in [0.2, 0.25) is 0 Å². The van der Waals surface area contributed by atoms with E-state index in [2.05, 4.69) is 25.2 Å². The first-order chi connectivity index (χ1) is 17.5. The number of carbonyl (C=O) groups is 1. The van der Waals surface area contributed by atoms with Crippen molar-refractivity contribution in [2.45, 2.75) is 33.3 Å². The summed E-state index contributed by atoms with van der Waals surface area (Å²) >= 11 is 0. The van der Waals surface area contributed by atoms with E-state index in [1.165, 1.54) is 0 Å². The van der Waals surface area contributed by atoms with E-state index in [4.69, 9.17) is 14.2 Å². The molecule has 4 rings (SSSR count). The van der Waals surface area contributed by atoms with Crippen LogP contribution in [-0.4, -0.2) is 12.5 Å². The van der Waals surface area contributed by atoms with Crippen molar-refractivity contribution in [3.63, 3.8) is 0 Å². The SMILES string of the molecule is CCOc1ccc(C(=O)Nc2ccc(Oc3ccccc3)cc2)cc1COc1ccccc1C(C)C. The number of nitrogens with one attached hydrogen (secondary N) is 1. The Labute approximate surface area is 212 Å². The molecule has 0 heterocycles. The molecule has 184 valence electrons. The minimum atomic E-state index is -0.210. The molecule has 0 unspecified atom stereocenters. The number of amides is 1. The largest absolute Gasteiger partial charge is 0.493 e. The Kier molecular flexibility index (Phi) is 8.24. The van der Waals surface area contributed by atoms with E-state index in [1.807, 2.05) is 91.9 Å². The zero-order valence-corrected chi connectivity index (χ0v) is 20.9. The summed E-state index contributed by atoms with van der Waals surface area (Å²) in [7, 11) is 0. The molecule has 0 radical (unpaired) electrons. The van der Waals surface area contributed by atoms with Gasteiger partial charge in [0, 0.05) is 16.8 Å². The van der Waals surface area contributed by atoms with Crippen molar-refractivity contribution in [2.24, 2.45) is 0 Å². The minimum absolute atomic E-state index is 0.210. The molecule has 1 N–H and O–H groups in total. The lowest BCUT2D eigenvalue weighted by molar-refractivity contribution is 0.102. The van der Waals surface area contributed by atoms with Crippen molar-refractivity contribution >= 4 is 11.6 Å². The van der Waals surface area contributed by atoms with Crippen LogP contribution in [0, 0.1) is 0 Å². The average Bonchev–Trinajstić information content (AvgIpc) is 2.90. The van der Waals surface area contributed by atoms with Crippen LogP contribution in [-0.2, 0) is 6.61 Å². The number of para-hydroxylation sites is 2. The van der Waals surface area contributed by atoms with E-state index < -0.39 is 0 Å². The average molecular weight is 482 g/mol. The maximum absolute atomic E-state index is 13.0. The molecule has 0 aromatic heterocycles. The third-order valence-electron chi connectivity index (χ3n) is 5.64.